The van der Waals surface area contributed by atoms with E-state index in [9.17, 15) is 4.79 Å². The van der Waals surface area contributed by atoms with Crippen LogP contribution in [0.3, 0.4) is 0 Å². The highest BCUT2D eigenvalue weighted by molar-refractivity contribution is 14.0. The number of aliphatic imine (C=N–C) groups is 1. The molecule has 8 heteroatoms. The molecule has 1 amide bonds. The van der Waals surface area contributed by atoms with Gasteiger partial charge in [0.15, 0.2) is 5.96 Å². The number of hydrogen-bond acceptors (Lipinski definition) is 4. The lowest BCUT2D eigenvalue weighted by Crippen LogP contribution is -2.48. The molecule has 0 spiro atoms. The van der Waals surface area contributed by atoms with Crippen molar-refractivity contribution in [1.82, 2.24) is 15.1 Å². The van der Waals surface area contributed by atoms with E-state index < -0.39 is 0 Å². The summed E-state index contributed by atoms with van der Waals surface area (Å²) in [6, 6.07) is 0. The number of hydrogen-bond donors (Lipinski definition) is 1. The molecule has 0 bridgehead atoms. The van der Waals surface area contributed by atoms with Crippen LogP contribution >= 0.6 is 24.0 Å². The van der Waals surface area contributed by atoms with Gasteiger partial charge in [-0.25, -0.2) is 4.99 Å². The fraction of sp³-hybridized carbons (Fsp3) is 0.905. The molecule has 1 heterocycles. The summed E-state index contributed by atoms with van der Waals surface area (Å²) < 4.78 is 11.6. The Hall–Kier alpha value is -0.610. The van der Waals surface area contributed by atoms with Crippen molar-refractivity contribution in [3.63, 3.8) is 0 Å². The van der Waals surface area contributed by atoms with Crippen molar-refractivity contribution < 1.29 is 14.3 Å². The van der Waals surface area contributed by atoms with E-state index in [-0.39, 0.29) is 36.4 Å². The Kier molecular flexibility index (Phi) is 13.9. The summed E-state index contributed by atoms with van der Waals surface area (Å²) in [6.07, 6.45) is 8.74. The molecular weight excluding hydrogens is 483 g/mol. The van der Waals surface area contributed by atoms with Gasteiger partial charge in [-0.1, -0.05) is 12.8 Å². The number of amides is 1. The molecule has 170 valence electrons. The van der Waals surface area contributed by atoms with Gasteiger partial charge in [-0.3, -0.25) is 4.79 Å². The monoisotopic (exact) mass is 524 g/mol. The number of likely N-dealkylation sites (N-methyl/N-ethyl adjacent to an activating group) is 1. The first-order valence-corrected chi connectivity index (χ1v) is 11.0. The van der Waals surface area contributed by atoms with Crippen LogP contribution in [0.15, 0.2) is 4.99 Å². The van der Waals surface area contributed by atoms with Crippen molar-refractivity contribution in [2.75, 3.05) is 60.1 Å². The van der Waals surface area contributed by atoms with Crippen molar-refractivity contribution in [3.05, 3.63) is 0 Å². The van der Waals surface area contributed by atoms with Crippen molar-refractivity contribution in [2.24, 2.45) is 10.9 Å². The Morgan fingerprint density at radius 1 is 1.17 bits per heavy atom. The fourth-order valence-corrected chi connectivity index (χ4v) is 3.75. The minimum absolute atomic E-state index is 0. The SMILES string of the molecule is CCOCCCNC(=NCC(=O)N(C)C)N1CCC(OCC2CCCC2)CC1.I. The third-order valence-electron chi connectivity index (χ3n) is 5.60. The number of piperidine rings is 1. The normalized spacial score (nSPS) is 18.6. The lowest BCUT2D eigenvalue weighted by Gasteiger charge is -2.34. The second-order valence-electron chi connectivity index (χ2n) is 8.08. The van der Waals surface area contributed by atoms with Gasteiger partial charge in [0.2, 0.25) is 5.91 Å². The Morgan fingerprint density at radius 2 is 1.86 bits per heavy atom. The Balaban J connectivity index is 0.00000420. The maximum Gasteiger partial charge on any atom is 0.243 e. The summed E-state index contributed by atoms with van der Waals surface area (Å²) in [7, 11) is 3.53. The fourth-order valence-electron chi connectivity index (χ4n) is 3.75. The molecule has 0 aromatic heterocycles. The van der Waals surface area contributed by atoms with Crippen LogP contribution in [0.5, 0.6) is 0 Å². The number of nitrogens with one attached hydrogen (secondary N) is 1. The van der Waals surface area contributed by atoms with Crippen molar-refractivity contribution in [2.45, 2.75) is 58.0 Å². The lowest BCUT2D eigenvalue weighted by molar-refractivity contribution is -0.127. The van der Waals surface area contributed by atoms with Crippen molar-refractivity contribution in [3.8, 4) is 0 Å². The molecule has 0 unspecified atom stereocenters. The first kappa shape index (κ1) is 26.4. The molecule has 0 radical (unpaired) electrons. The molecule has 2 rings (SSSR count). The quantitative estimate of drug-likeness (QED) is 0.206. The van der Waals surface area contributed by atoms with Crippen molar-refractivity contribution in [1.29, 1.82) is 0 Å². The molecule has 0 aromatic rings. The molecule has 1 aliphatic heterocycles. The van der Waals surface area contributed by atoms with E-state index >= 15 is 0 Å². The van der Waals surface area contributed by atoms with Gasteiger partial charge in [0.25, 0.3) is 0 Å². The molecule has 1 N–H and O–H groups in total. The molecule has 7 nitrogen and oxygen atoms in total. The standard InChI is InChI=1S/C21H40N4O3.HI/c1-4-27-15-7-12-22-21(23-16-20(26)24(2)3)25-13-10-19(11-14-25)28-17-18-8-5-6-9-18;/h18-19H,4-17H2,1-3H3,(H,22,23);1H. The highest BCUT2D eigenvalue weighted by Gasteiger charge is 2.24. The van der Waals surface area contributed by atoms with E-state index in [0.29, 0.717) is 6.10 Å². The molecule has 29 heavy (non-hydrogen) atoms. The highest BCUT2D eigenvalue weighted by Crippen LogP contribution is 2.26. The van der Waals surface area contributed by atoms with Crippen LogP contribution in [0.25, 0.3) is 0 Å². The number of nitrogens with zero attached hydrogens (tertiary/aromatic N) is 3. The molecule has 2 fully saturated rings. The third-order valence-corrected chi connectivity index (χ3v) is 5.60. The average molecular weight is 524 g/mol. The zero-order valence-corrected chi connectivity index (χ0v) is 20.9. The number of carbonyl (C=O) groups excluding carboxylic acids is 1. The molecule has 1 saturated heterocycles. The van der Waals surface area contributed by atoms with Gasteiger partial charge in [-0.05, 0) is 44.9 Å². The van der Waals surface area contributed by atoms with Gasteiger partial charge in [-0.2, -0.15) is 0 Å². The number of guanidine groups is 1. The third kappa shape index (κ3) is 10.3. The molecular formula is C21H41IN4O3. The predicted octanol–water partition coefficient (Wildman–Crippen LogP) is 2.74. The predicted molar refractivity (Wildman–Crippen MR) is 128 cm³/mol. The van der Waals surface area contributed by atoms with Gasteiger partial charge < -0.3 is 24.6 Å². The Morgan fingerprint density at radius 3 is 2.48 bits per heavy atom. The lowest BCUT2D eigenvalue weighted by atomic mass is 10.1. The summed E-state index contributed by atoms with van der Waals surface area (Å²) in [5.41, 5.74) is 0. The van der Waals surface area contributed by atoms with E-state index in [1.165, 1.54) is 25.7 Å². The van der Waals surface area contributed by atoms with Crippen molar-refractivity contribution >= 4 is 35.8 Å². The first-order valence-electron chi connectivity index (χ1n) is 11.0. The van der Waals surface area contributed by atoms with Crippen LogP contribution in [0.2, 0.25) is 0 Å². The van der Waals surface area contributed by atoms with Crippen LogP contribution in [0.4, 0.5) is 0 Å². The van der Waals surface area contributed by atoms with Gasteiger partial charge >= 0.3 is 0 Å². The molecule has 1 saturated carbocycles. The molecule has 1 aliphatic carbocycles. The largest absolute Gasteiger partial charge is 0.382 e. The molecule has 2 aliphatic rings. The second-order valence-corrected chi connectivity index (χ2v) is 8.08. The van der Waals surface area contributed by atoms with Crippen LogP contribution < -0.4 is 5.32 Å². The maximum atomic E-state index is 11.9. The number of likely N-dealkylation sites (tertiary alicyclic amines) is 1. The van der Waals surface area contributed by atoms with E-state index in [1.54, 1.807) is 19.0 Å². The zero-order valence-electron chi connectivity index (χ0n) is 18.5. The summed E-state index contributed by atoms with van der Waals surface area (Å²) in [5.74, 6) is 1.63. The van der Waals surface area contributed by atoms with Gasteiger partial charge in [-0.15, -0.1) is 24.0 Å². The Bertz CT molecular complexity index is 477. The zero-order chi connectivity index (χ0) is 20.2. The summed E-state index contributed by atoms with van der Waals surface area (Å²) >= 11 is 0. The van der Waals surface area contributed by atoms with E-state index in [4.69, 9.17) is 9.47 Å². The minimum Gasteiger partial charge on any atom is -0.382 e. The average Bonchev–Trinajstić information content (AvgIpc) is 3.22. The smallest absolute Gasteiger partial charge is 0.243 e. The van der Waals surface area contributed by atoms with Crippen LogP contribution in [0, 0.1) is 5.92 Å². The van der Waals surface area contributed by atoms with E-state index in [0.717, 1.165) is 70.6 Å². The number of ether oxygens (including phenoxy) is 2. The topological polar surface area (TPSA) is 66.4 Å². The summed E-state index contributed by atoms with van der Waals surface area (Å²) in [6.45, 7) is 7.24. The molecule has 0 aromatic carbocycles. The number of halogens is 1. The van der Waals surface area contributed by atoms with Gasteiger partial charge in [0.1, 0.15) is 6.54 Å². The van der Waals surface area contributed by atoms with Crippen LogP contribution in [0.1, 0.15) is 51.9 Å². The van der Waals surface area contributed by atoms with Crippen LogP contribution in [-0.2, 0) is 14.3 Å². The summed E-state index contributed by atoms with van der Waals surface area (Å²) in [5, 5.41) is 3.42. The second kappa shape index (κ2) is 15.2. The van der Waals surface area contributed by atoms with Gasteiger partial charge in [0, 0.05) is 53.6 Å². The highest BCUT2D eigenvalue weighted by atomic mass is 127. The number of carbonyl (C=O) groups is 1. The molecule has 0 atom stereocenters. The minimum atomic E-state index is 0. The van der Waals surface area contributed by atoms with E-state index in [1.807, 2.05) is 6.92 Å². The van der Waals surface area contributed by atoms with Gasteiger partial charge in [0.05, 0.1) is 6.10 Å². The maximum absolute atomic E-state index is 11.9. The van der Waals surface area contributed by atoms with Crippen LogP contribution in [-0.4, -0.2) is 87.9 Å². The first-order chi connectivity index (χ1) is 13.6. The number of rotatable bonds is 10. The summed E-state index contributed by atoms with van der Waals surface area (Å²) in [4.78, 5) is 20.4. The Labute approximate surface area is 194 Å². The van der Waals surface area contributed by atoms with E-state index in [2.05, 4.69) is 15.2 Å².